The molecule has 0 aliphatic rings. The van der Waals surface area contributed by atoms with Gasteiger partial charge in [-0.25, -0.2) is 18.4 Å². The van der Waals surface area contributed by atoms with Gasteiger partial charge in [-0.3, -0.25) is 4.79 Å². The van der Waals surface area contributed by atoms with Crippen LogP contribution in [0.4, 0.5) is 0 Å². The number of amides is 1. The van der Waals surface area contributed by atoms with E-state index < -0.39 is 28.0 Å². The molecule has 140 valence electrons. The molecule has 0 aliphatic heterocycles. The summed E-state index contributed by atoms with van der Waals surface area (Å²) in [5.41, 5.74) is 1.07. The molecule has 1 aromatic carbocycles. The van der Waals surface area contributed by atoms with Gasteiger partial charge >= 0.3 is 5.97 Å². The van der Waals surface area contributed by atoms with Crippen molar-refractivity contribution in [1.29, 1.82) is 0 Å². The van der Waals surface area contributed by atoms with Crippen LogP contribution in [0.3, 0.4) is 0 Å². The summed E-state index contributed by atoms with van der Waals surface area (Å²) < 4.78 is 28.5. The van der Waals surface area contributed by atoms with E-state index in [0.717, 1.165) is 10.9 Å². The number of carbonyl (C=O) groups is 2. The summed E-state index contributed by atoms with van der Waals surface area (Å²) in [7, 11) is -3.98. The highest BCUT2D eigenvalue weighted by Gasteiger charge is 2.22. The van der Waals surface area contributed by atoms with Crippen LogP contribution in [0.5, 0.6) is 0 Å². The zero-order valence-corrected chi connectivity index (χ0v) is 16.2. The Morgan fingerprint density at radius 3 is 2.58 bits per heavy atom. The quantitative estimate of drug-likeness (QED) is 0.723. The molecular formula is C17H20N2O5S2. The topological polar surface area (TPSA) is 116 Å². The van der Waals surface area contributed by atoms with Crippen LogP contribution in [-0.2, 0) is 26.1 Å². The molecule has 0 fully saturated rings. The van der Waals surface area contributed by atoms with Crippen LogP contribution in [0.1, 0.15) is 33.3 Å². The number of aryl methyl sites for hydroxylation is 1. The van der Waals surface area contributed by atoms with Crippen molar-refractivity contribution in [2.24, 2.45) is 5.14 Å². The lowest BCUT2D eigenvalue weighted by Crippen LogP contribution is -2.35. The molecule has 0 bridgehead atoms. The maximum absolute atomic E-state index is 12.3. The van der Waals surface area contributed by atoms with Gasteiger partial charge in [0.1, 0.15) is 0 Å². The third-order valence-corrected chi connectivity index (χ3v) is 5.75. The van der Waals surface area contributed by atoms with Crippen molar-refractivity contribution in [1.82, 2.24) is 5.32 Å². The molecule has 3 N–H and O–H groups in total. The molecule has 0 aliphatic carbocycles. The number of primary sulfonamides is 1. The number of nitrogens with one attached hydrogen (secondary N) is 1. The average Bonchev–Trinajstić information content (AvgIpc) is 3.07. The van der Waals surface area contributed by atoms with Crippen LogP contribution in [-0.4, -0.2) is 26.4 Å². The van der Waals surface area contributed by atoms with E-state index in [1.165, 1.54) is 24.3 Å². The van der Waals surface area contributed by atoms with Gasteiger partial charge in [0, 0.05) is 4.88 Å². The number of nitrogens with two attached hydrogens (primary N) is 1. The molecule has 1 aromatic heterocycles. The van der Waals surface area contributed by atoms with Crippen molar-refractivity contribution >= 4 is 33.2 Å². The summed E-state index contributed by atoms with van der Waals surface area (Å²) in [6.45, 7) is 5.06. The highest BCUT2D eigenvalue weighted by atomic mass is 32.2. The van der Waals surface area contributed by atoms with Gasteiger partial charge in [-0.2, -0.15) is 0 Å². The van der Waals surface area contributed by atoms with Crippen molar-refractivity contribution in [3.05, 3.63) is 51.2 Å². The van der Waals surface area contributed by atoms with E-state index in [0.29, 0.717) is 17.7 Å². The summed E-state index contributed by atoms with van der Waals surface area (Å²) in [6, 6.07) is 6.42. The Hall–Kier alpha value is -2.23. The molecule has 7 nitrogen and oxygen atoms in total. The Kier molecular flexibility index (Phi) is 6.17. The van der Waals surface area contributed by atoms with Gasteiger partial charge in [-0.05, 0) is 55.5 Å². The van der Waals surface area contributed by atoms with Gasteiger partial charge in [0.05, 0.1) is 17.0 Å². The van der Waals surface area contributed by atoms with Crippen LogP contribution in [0, 0.1) is 13.8 Å². The van der Waals surface area contributed by atoms with Crippen LogP contribution in [0.2, 0.25) is 0 Å². The molecule has 0 saturated heterocycles. The van der Waals surface area contributed by atoms with Gasteiger partial charge in [0.25, 0.3) is 5.91 Å². The van der Waals surface area contributed by atoms with E-state index in [1.807, 2.05) is 17.5 Å². The number of hydrogen-bond donors (Lipinski definition) is 2. The number of esters is 1. The Labute approximate surface area is 156 Å². The number of benzene rings is 1. The maximum Gasteiger partial charge on any atom is 0.338 e. The van der Waals surface area contributed by atoms with E-state index in [4.69, 9.17) is 9.88 Å². The van der Waals surface area contributed by atoms with Crippen LogP contribution < -0.4 is 10.5 Å². The van der Waals surface area contributed by atoms with Gasteiger partial charge in [-0.1, -0.05) is 6.07 Å². The molecule has 1 heterocycles. The lowest BCUT2D eigenvalue weighted by Gasteiger charge is -2.15. The van der Waals surface area contributed by atoms with Gasteiger partial charge in [-0.15, -0.1) is 11.3 Å². The number of thiophene rings is 1. The standard InChI is InChI=1S/C17H20N2O5S2/c1-10-7-13(8-15(11(10)2)26(18,22)23)17(21)24-12(3)16(20)19-9-14-5-4-6-25-14/h4-8,12H,9H2,1-3H3,(H,19,20)(H2,18,22,23). The summed E-state index contributed by atoms with van der Waals surface area (Å²) >= 11 is 1.50. The van der Waals surface area contributed by atoms with Crippen molar-refractivity contribution in [3.8, 4) is 0 Å². The average molecular weight is 396 g/mol. The van der Waals surface area contributed by atoms with E-state index >= 15 is 0 Å². The SMILES string of the molecule is Cc1cc(C(=O)OC(C)C(=O)NCc2cccs2)cc(S(N)(=O)=O)c1C. The largest absolute Gasteiger partial charge is 0.449 e. The smallest absolute Gasteiger partial charge is 0.338 e. The minimum Gasteiger partial charge on any atom is -0.449 e. The number of sulfonamides is 1. The first-order valence-electron chi connectivity index (χ1n) is 7.74. The fourth-order valence-corrected chi connectivity index (χ4v) is 3.78. The molecule has 0 spiro atoms. The fraction of sp³-hybridized carbons (Fsp3) is 0.294. The second-order valence-corrected chi connectivity index (χ2v) is 8.37. The number of ether oxygens (including phenoxy) is 1. The third kappa shape index (κ3) is 4.90. The van der Waals surface area contributed by atoms with E-state index in [9.17, 15) is 18.0 Å². The zero-order valence-electron chi connectivity index (χ0n) is 14.6. The van der Waals surface area contributed by atoms with E-state index in [-0.39, 0.29) is 10.5 Å². The molecule has 1 unspecified atom stereocenters. The molecule has 2 rings (SSSR count). The fourth-order valence-electron chi connectivity index (χ4n) is 2.25. The maximum atomic E-state index is 12.3. The lowest BCUT2D eigenvalue weighted by atomic mass is 10.1. The second kappa shape index (κ2) is 7.98. The Balaban J connectivity index is 2.09. The predicted octanol–water partition coefficient (Wildman–Crippen LogP) is 1.87. The number of carbonyl (C=O) groups excluding carboxylic acids is 2. The highest BCUT2D eigenvalue weighted by Crippen LogP contribution is 2.21. The molecule has 1 atom stereocenters. The minimum absolute atomic E-state index is 0.0232. The zero-order chi connectivity index (χ0) is 19.5. The molecule has 1 amide bonds. The Bertz CT molecular complexity index is 921. The third-order valence-electron chi connectivity index (χ3n) is 3.83. The minimum atomic E-state index is -3.98. The molecule has 26 heavy (non-hydrogen) atoms. The molecule has 0 radical (unpaired) electrons. The summed E-state index contributed by atoms with van der Waals surface area (Å²) in [5.74, 6) is -1.24. The summed E-state index contributed by atoms with van der Waals surface area (Å²) in [4.78, 5) is 25.2. The molecule has 2 aromatic rings. The molecule has 9 heteroatoms. The monoisotopic (exact) mass is 396 g/mol. The summed E-state index contributed by atoms with van der Waals surface area (Å²) in [5, 5.41) is 9.76. The number of hydrogen-bond acceptors (Lipinski definition) is 6. The van der Waals surface area contributed by atoms with Crippen molar-refractivity contribution in [2.45, 2.75) is 38.3 Å². The van der Waals surface area contributed by atoms with Crippen LogP contribution in [0.15, 0.2) is 34.5 Å². The normalized spacial score (nSPS) is 12.5. The van der Waals surface area contributed by atoms with Gasteiger partial charge in [0.15, 0.2) is 6.10 Å². The van der Waals surface area contributed by atoms with Crippen molar-refractivity contribution < 1.29 is 22.7 Å². The van der Waals surface area contributed by atoms with E-state index in [2.05, 4.69) is 5.32 Å². The number of rotatable bonds is 6. The predicted molar refractivity (Wildman–Crippen MR) is 98.3 cm³/mol. The highest BCUT2D eigenvalue weighted by molar-refractivity contribution is 7.89. The van der Waals surface area contributed by atoms with Crippen LogP contribution in [0.25, 0.3) is 0 Å². The molecular weight excluding hydrogens is 376 g/mol. The summed E-state index contributed by atoms with van der Waals surface area (Å²) in [6.07, 6.45) is -1.03. The first kappa shape index (κ1) is 20.1. The van der Waals surface area contributed by atoms with Crippen molar-refractivity contribution in [3.63, 3.8) is 0 Å². The first-order valence-corrected chi connectivity index (χ1v) is 10.2. The lowest BCUT2D eigenvalue weighted by molar-refractivity contribution is -0.129. The van der Waals surface area contributed by atoms with Gasteiger partial charge < -0.3 is 10.1 Å². The molecule has 0 saturated carbocycles. The Morgan fingerprint density at radius 1 is 1.31 bits per heavy atom. The van der Waals surface area contributed by atoms with Crippen molar-refractivity contribution in [2.75, 3.05) is 0 Å². The second-order valence-electron chi connectivity index (χ2n) is 5.81. The Morgan fingerprint density at radius 2 is 2.00 bits per heavy atom. The van der Waals surface area contributed by atoms with Gasteiger partial charge in [0.2, 0.25) is 10.0 Å². The van der Waals surface area contributed by atoms with Crippen LogP contribution >= 0.6 is 11.3 Å². The van der Waals surface area contributed by atoms with E-state index in [1.54, 1.807) is 13.8 Å². The first-order chi connectivity index (χ1) is 12.1.